The number of carbonyl (C=O) groups is 2. The Hall–Kier alpha value is -3.51. The van der Waals surface area contributed by atoms with E-state index < -0.39 is 36.3 Å². The van der Waals surface area contributed by atoms with E-state index in [1.807, 2.05) is 6.92 Å². The Morgan fingerprint density at radius 3 is 2.69 bits per heavy atom. The van der Waals surface area contributed by atoms with Crippen molar-refractivity contribution in [1.29, 1.82) is 0 Å². The molecular formula is C29H35Cl2FN6O4. The molecule has 0 radical (unpaired) electrons. The zero-order valence-electron chi connectivity index (χ0n) is 23.4. The molecule has 3 atom stereocenters. The van der Waals surface area contributed by atoms with Crippen LogP contribution >= 0.6 is 23.2 Å². The van der Waals surface area contributed by atoms with Crippen LogP contribution in [0.1, 0.15) is 66.3 Å². The predicted molar refractivity (Wildman–Crippen MR) is 161 cm³/mol. The number of amides is 2. The Morgan fingerprint density at radius 2 is 2.05 bits per heavy atom. The molecule has 10 nitrogen and oxygen atoms in total. The number of hydrogen-bond donors (Lipinski definition) is 5. The predicted octanol–water partition coefficient (Wildman–Crippen LogP) is 3.62. The van der Waals surface area contributed by atoms with Crippen LogP contribution in [-0.4, -0.2) is 63.4 Å². The number of allylic oxidation sites excluding steroid dienone is 1. The lowest BCUT2D eigenvalue weighted by atomic mass is 10.0. The van der Waals surface area contributed by atoms with Gasteiger partial charge in [0.25, 0.3) is 5.91 Å². The molecule has 6 N–H and O–H groups in total. The van der Waals surface area contributed by atoms with Gasteiger partial charge in [-0.05, 0) is 43.0 Å². The molecule has 0 bridgehead atoms. The number of hydrogen-bond acceptors (Lipinski definition) is 8. The molecule has 2 amide bonds. The lowest BCUT2D eigenvalue weighted by molar-refractivity contribution is -0.126. The summed E-state index contributed by atoms with van der Waals surface area (Å²) in [5.74, 6) is -1.40. The van der Waals surface area contributed by atoms with Gasteiger partial charge in [-0.2, -0.15) is 0 Å². The Kier molecular flexibility index (Phi) is 11.9. The number of aliphatic hydroxyl groups excluding tert-OH is 2. The lowest BCUT2D eigenvalue weighted by Crippen LogP contribution is -2.47. The number of pyridine rings is 1. The van der Waals surface area contributed by atoms with Crippen molar-refractivity contribution in [1.82, 2.24) is 20.5 Å². The molecule has 0 saturated heterocycles. The molecule has 2 heterocycles. The summed E-state index contributed by atoms with van der Waals surface area (Å²) in [7, 11) is 0. The van der Waals surface area contributed by atoms with Gasteiger partial charge in [0.1, 0.15) is 23.4 Å². The smallest absolute Gasteiger partial charge is 0.255 e. The molecule has 42 heavy (non-hydrogen) atoms. The van der Waals surface area contributed by atoms with Gasteiger partial charge in [0.2, 0.25) is 5.91 Å². The zero-order chi connectivity index (χ0) is 31.0. The first-order valence-corrected chi connectivity index (χ1v) is 14.2. The van der Waals surface area contributed by atoms with E-state index >= 15 is 0 Å². The second-order valence-electron chi connectivity index (χ2n) is 9.85. The molecule has 1 aromatic heterocycles. The van der Waals surface area contributed by atoms with Crippen LogP contribution < -0.4 is 16.4 Å². The van der Waals surface area contributed by atoms with Crippen LogP contribution in [0.4, 0.5) is 4.39 Å². The summed E-state index contributed by atoms with van der Waals surface area (Å²) < 4.78 is 14.3. The quantitative estimate of drug-likeness (QED) is 0.202. The first-order valence-electron chi connectivity index (χ1n) is 13.4. The molecule has 1 aliphatic heterocycles. The summed E-state index contributed by atoms with van der Waals surface area (Å²) in [5, 5.41) is 24.9. The third kappa shape index (κ3) is 8.07. The Morgan fingerprint density at radius 1 is 1.31 bits per heavy atom. The van der Waals surface area contributed by atoms with E-state index in [2.05, 4.69) is 27.2 Å². The number of rotatable bonds is 14. The van der Waals surface area contributed by atoms with Crippen LogP contribution in [-0.2, 0) is 11.3 Å². The van der Waals surface area contributed by atoms with Gasteiger partial charge in [0.05, 0.1) is 28.4 Å². The van der Waals surface area contributed by atoms with Gasteiger partial charge in [0.15, 0.2) is 0 Å². The van der Waals surface area contributed by atoms with Gasteiger partial charge in [-0.15, -0.1) is 0 Å². The number of nitrogens with one attached hydrogen (secondary N) is 2. The van der Waals surface area contributed by atoms with Crippen molar-refractivity contribution in [3.05, 3.63) is 81.1 Å². The maximum Gasteiger partial charge on any atom is 0.255 e. The monoisotopic (exact) mass is 620 g/mol. The minimum absolute atomic E-state index is 0.0321. The highest BCUT2D eigenvalue weighted by Crippen LogP contribution is 2.28. The van der Waals surface area contributed by atoms with Crippen LogP contribution in [0.2, 0.25) is 5.02 Å². The number of benzene rings is 1. The van der Waals surface area contributed by atoms with E-state index in [0.717, 1.165) is 18.9 Å². The molecule has 13 heteroatoms. The normalized spacial score (nSPS) is 15.7. The highest BCUT2D eigenvalue weighted by Gasteiger charge is 2.35. The summed E-state index contributed by atoms with van der Waals surface area (Å²) >= 11 is 12.1. The number of aliphatic imine (C=N–C) groups is 1. The molecule has 226 valence electrons. The van der Waals surface area contributed by atoms with Gasteiger partial charge in [-0.25, -0.2) is 9.38 Å². The van der Waals surface area contributed by atoms with E-state index in [1.54, 1.807) is 18.2 Å². The third-order valence-corrected chi connectivity index (χ3v) is 7.35. The van der Waals surface area contributed by atoms with E-state index in [1.165, 1.54) is 24.2 Å². The number of aromatic nitrogens is 1. The SMILES string of the molecule is C=C(/N=C\C(Cl)=C(/N)c1ccc2c(c1)C(=O)N([C@H](C)C(=O)N[C@H](CO)c1ncc(Cl)cc1F)C2)NC(CCC)CCO. The highest BCUT2D eigenvalue weighted by molar-refractivity contribution is 6.42. The fraction of sp³-hybridized carbons (Fsp3) is 0.379. The molecule has 1 aromatic carbocycles. The molecular weight excluding hydrogens is 586 g/mol. The van der Waals surface area contributed by atoms with E-state index in [-0.39, 0.29) is 40.6 Å². The summed E-state index contributed by atoms with van der Waals surface area (Å²) in [6.07, 6.45) is 4.92. The van der Waals surface area contributed by atoms with Crippen LogP contribution in [0.5, 0.6) is 0 Å². The minimum atomic E-state index is -1.13. The minimum Gasteiger partial charge on any atom is -0.397 e. The number of fused-ring (bicyclic) bond motifs is 1. The lowest BCUT2D eigenvalue weighted by Gasteiger charge is -2.25. The van der Waals surface area contributed by atoms with Gasteiger partial charge < -0.3 is 31.5 Å². The Balaban J connectivity index is 1.70. The maximum atomic E-state index is 14.3. The maximum absolute atomic E-state index is 14.3. The average Bonchev–Trinajstić information content (AvgIpc) is 3.29. The van der Waals surface area contributed by atoms with Crippen molar-refractivity contribution in [2.45, 2.75) is 57.8 Å². The van der Waals surface area contributed by atoms with Crippen LogP contribution in [0, 0.1) is 5.82 Å². The number of aliphatic hydroxyl groups is 2. The molecule has 1 aliphatic rings. The second-order valence-corrected chi connectivity index (χ2v) is 10.7. The van der Waals surface area contributed by atoms with Crippen LogP contribution in [0.25, 0.3) is 5.70 Å². The molecule has 0 fully saturated rings. The Bertz CT molecular complexity index is 1380. The van der Waals surface area contributed by atoms with Gasteiger partial charge >= 0.3 is 0 Å². The van der Waals surface area contributed by atoms with E-state index in [9.17, 15) is 24.2 Å². The average molecular weight is 622 g/mol. The van der Waals surface area contributed by atoms with Gasteiger partial charge in [0, 0.05) is 37.2 Å². The van der Waals surface area contributed by atoms with Crippen molar-refractivity contribution >= 4 is 46.9 Å². The van der Waals surface area contributed by atoms with Crippen LogP contribution in [0.15, 0.2) is 52.9 Å². The summed E-state index contributed by atoms with van der Waals surface area (Å²) in [6, 6.07) is 4.05. The first kappa shape index (κ1) is 33.0. The molecule has 1 unspecified atom stereocenters. The van der Waals surface area contributed by atoms with Crippen LogP contribution in [0.3, 0.4) is 0 Å². The highest BCUT2D eigenvalue weighted by atomic mass is 35.5. The molecule has 2 aromatic rings. The van der Waals surface area contributed by atoms with Gasteiger partial charge in [-0.1, -0.05) is 55.3 Å². The molecule has 0 aliphatic carbocycles. The topological polar surface area (TPSA) is 153 Å². The second kappa shape index (κ2) is 15.1. The molecule has 0 spiro atoms. The van der Waals surface area contributed by atoms with Crippen molar-refractivity contribution in [2.24, 2.45) is 10.7 Å². The number of nitrogens with two attached hydrogens (primary N) is 1. The Labute approximate surface area is 254 Å². The van der Waals surface area contributed by atoms with Crippen molar-refractivity contribution in [2.75, 3.05) is 13.2 Å². The largest absolute Gasteiger partial charge is 0.397 e. The summed E-state index contributed by atoms with van der Waals surface area (Å²) in [6.45, 7) is 7.05. The number of carbonyl (C=O) groups excluding carboxylic acids is 2. The van der Waals surface area contributed by atoms with E-state index in [0.29, 0.717) is 28.9 Å². The summed E-state index contributed by atoms with van der Waals surface area (Å²) in [4.78, 5) is 35.8. The van der Waals surface area contributed by atoms with Crippen molar-refractivity contribution in [3.8, 4) is 0 Å². The zero-order valence-corrected chi connectivity index (χ0v) is 24.9. The first-order chi connectivity index (χ1) is 20.0. The standard InChI is InChI=1S/C29H35Cl2FN6O4/c1-4-5-21(8-9-39)36-17(3)34-13-23(31)26(33)18-6-7-19-14-38(29(42)22(19)10-18)16(2)28(41)37-25(15-40)27-24(32)11-20(30)12-35-27/h6-7,10-13,16,21,25,36,39-40H,3-5,8-9,14-15,33H2,1-2H3,(H,37,41)/b26-23+,34-13-/t16-,21?,25-/m1/s1. The molecule has 0 saturated carbocycles. The van der Waals surface area contributed by atoms with E-state index in [4.69, 9.17) is 28.9 Å². The van der Waals surface area contributed by atoms with Gasteiger partial charge in [-0.3, -0.25) is 14.6 Å². The fourth-order valence-corrected chi connectivity index (χ4v) is 4.83. The fourth-order valence-electron chi connectivity index (χ4n) is 4.53. The van der Waals surface area contributed by atoms with Crippen molar-refractivity contribution < 1.29 is 24.2 Å². The third-order valence-electron chi connectivity index (χ3n) is 6.84. The molecule has 3 rings (SSSR count). The number of halogens is 3. The summed E-state index contributed by atoms with van der Waals surface area (Å²) in [5.41, 5.74) is 7.83. The van der Waals surface area contributed by atoms with Crippen molar-refractivity contribution in [3.63, 3.8) is 0 Å². The number of nitrogens with zero attached hydrogens (tertiary/aromatic N) is 3.